The number of amides is 1. The number of carbonyl (C=O) groups is 2. The molecule has 1 aromatic heterocycles. The molecule has 1 fully saturated rings. The van der Waals surface area contributed by atoms with E-state index in [4.69, 9.17) is 5.11 Å². The van der Waals surface area contributed by atoms with Gasteiger partial charge in [-0.3, -0.25) is 9.59 Å². The number of alkyl halides is 3. The van der Waals surface area contributed by atoms with Crippen molar-refractivity contribution >= 4 is 17.8 Å². The minimum absolute atomic E-state index is 0.155. The fourth-order valence-corrected chi connectivity index (χ4v) is 2.76. The first-order chi connectivity index (χ1) is 11.8. The monoisotopic (exact) mass is 360 g/mol. The number of carboxylic acids is 1. The second-order valence-corrected chi connectivity index (χ2v) is 5.88. The van der Waals surface area contributed by atoms with Crippen molar-refractivity contribution in [1.82, 2.24) is 15.3 Å². The SMILES string of the molecule is O=C(O)C1CCCC(C(=O)NCCNc2nccc(C(F)(F)F)n2)C1. The summed E-state index contributed by atoms with van der Waals surface area (Å²) in [7, 11) is 0. The molecule has 1 amide bonds. The third-order valence-corrected chi connectivity index (χ3v) is 4.05. The summed E-state index contributed by atoms with van der Waals surface area (Å²) in [5.74, 6) is -2.15. The minimum atomic E-state index is -4.55. The molecule has 0 aliphatic heterocycles. The number of aliphatic carboxylic acids is 1. The summed E-state index contributed by atoms with van der Waals surface area (Å²) in [5, 5.41) is 14.3. The van der Waals surface area contributed by atoms with E-state index < -0.39 is 23.8 Å². The maximum atomic E-state index is 12.5. The van der Waals surface area contributed by atoms with Gasteiger partial charge in [-0.2, -0.15) is 13.2 Å². The summed E-state index contributed by atoms with van der Waals surface area (Å²) in [6.45, 7) is 0.328. The Kier molecular flexibility index (Phi) is 6.16. The van der Waals surface area contributed by atoms with Crippen LogP contribution >= 0.6 is 0 Å². The van der Waals surface area contributed by atoms with Crippen molar-refractivity contribution in [3.05, 3.63) is 18.0 Å². The predicted molar refractivity (Wildman–Crippen MR) is 81.6 cm³/mol. The zero-order chi connectivity index (χ0) is 18.4. The Hall–Kier alpha value is -2.39. The Balaban J connectivity index is 1.76. The van der Waals surface area contributed by atoms with E-state index in [-0.39, 0.29) is 30.9 Å². The maximum absolute atomic E-state index is 12.5. The number of rotatable bonds is 6. The van der Waals surface area contributed by atoms with E-state index >= 15 is 0 Å². The summed E-state index contributed by atoms with van der Waals surface area (Å²) in [6.07, 6.45) is -1.33. The van der Waals surface area contributed by atoms with E-state index in [9.17, 15) is 22.8 Å². The number of hydrogen-bond acceptors (Lipinski definition) is 5. The largest absolute Gasteiger partial charge is 0.481 e. The van der Waals surface area contributed by atoms with E-state index in [0.29, 0.717) is 25.7 Å². The molecular weight excluding hydrogens is 341 g/mol. The lowest BCUT2D eigenvalue weighted by molar-refractivity contribution is -0.144. The van der Waals surface area contributed by atoms with Crippen molar-refractivity contribution in [2.75, 3.05) is 18.4 Å². The summed E-state index contributed by atoms with van der Waals surface area (Å²) < 4.78 is 37.6. The summed E-state index contributed by atoms with van der Waals surface area (Å²) in [4.78, 5) is 30.1. The zero-order valence-corrected chi connectivity index (χ0v) is 13.3. The van der Waals surface area contributed by atoms with Crippen LogP contribution in [0.4, 0.5) is 19.1 Å². The molecule has 1 aliphatic rings. The van der Waals surface area contributed by atoms with Gasteiger partial charge in [0.2, 0.25) is 11.9 Å². The Morgan fingerprint density at radius 3 is 2.64 bits per heavy atom. The molecule has 10 heteroatoms. The topological polar surface area (TPSA) is 104 Å². The molecule has 3 N–H and O–H groups in total. The molecule has 0 bridgehead atoms. The van der Waals surface area contributed by atoms with Crippen LogP contribution in [-0.2, 0) is 15.8 Å². The Morgan fingerprint density at radius 2 is 1.96 bits per heavy atom. The fraction of sp³-hybridized carbons (Fsp3) is 0.600. The third kappa shape index (κ3) is 5.57. The highest BCUT2D eigenvalue weighted by atomic mass is 19.4. The number of nitrogens with one attached hydrogen (secondary N) is 2. The molecule has 0 spiro atoms. The zero-order valence-electron chi connectivity index (χ0n) is 13.3. The van der Waals surface area contributed by atoms with Crippen LogP contribution in [0.1, 0.15) is 31.4 Å². The summed E-state index contributed by atoms with van der Waals surface area (Å²) in [6, 6.07) is 0.773. The lowest BCUT2D eigenvalue weighted by atomic mass is 9.81. The quantitative estimate of drug-likeness (QED) is 0.670. The molecule has 1 heterocycles. The molecule has 138 valence electrons. The summed E-state index contributed by atoms with van der Waals surface area (Å²) >= 11 is 0. The maximum Gasteiger partial charge on any atom is 0.433 e. The molecule has 0 aromatic carbocycles. The van der Waals surface area contributed by atoms with Crippen molar-refractivity contribution in [2.24, 2.45) is 11.8 Å². The van der Waals surface area contributed by atoms with E-state index in [0.717, 1.165) is 12.3 Å². The first-order valence-electron chi connectivity index (χ1n) is 7.92. The van der Waals surface area contributed by atoms with Gasteiger partial charge in [-0.05, 0) is 25.3 Å². The van der Waals surface area contributed by atoms with Crippen LogP contribution in [-0.4, -0.2) is 40.0 Å². The van der Waals surface area contributed by atoms with Gasteiger partial charge in [-0.15, -0.1) is 0 Å². The highest BCUT2D eigenvalue weighted by Gasteiger charge is 2.33. The molecule has 0 radical (unpaired) electrons. The third-order valence-electron chi connectivity index (χ3n) is 4.05. The van der Waals surface area contributed by atoms with E-state index in [1.54, 1.807) is 0 Å². The Bertz CT molecular complexity index is 624. The number of hydrogen-bond donors (Lipinski definition) is 3. The van der Waals surface area contributed by atoms with Crippen molar-refractivity contribution < 1.29 is 27.9 Å². The number of carbonyl (C=O) groups excluding carboxylic acids is 1. The van der Waals surface area contributed by atoms with Crippen LogP contribution in [0.25, 0.3) is 0 Å². The average molecular weight is 360 g/mol. The Labute approximate surface area is 142 Å². The average Bonchev–Trinajstić information content (AvgIpc) is 2.58. The summed E-state index contributed by atoms with van der Waals surface area (Å²) in [5.41, 5.74) is -1.05. The predicted octanol–water partition coefficient (Wildman–Crippen LogP) is 1.91. The normalized spacial score (nSPS) is 20.8. The molecule has 2 unspecified atom stereocenters. The molecule has 1 aromatic rings. The number of nitrogens with zero attached hydrogens (tertiary/aromatic N) is 2. The first kappa shape index (κ1) is 18.9. The lowest BCUT2D eigenvalue weighted by Crippen LogP contribution is -2.37. The number of aromatic nitrogens is 2. The van der Waals surface area contributed by atoms with Crippen LogP contribution in [0.5, 0.6) is 0 Å². The number of halogens is 3. The van der Waals surface area contributed by atoms with Gasteiger partial charge in [0, 0.05) is 25.2 Å². The van der Waals surface area contributed by atoms with Gasteiger partial charge >= 0.3 is 12.1 Å². The van der Waals surface area contributed by atoms with E-state index in [2.05, 4.69) is 20.6 Å². The van der Waals surface area contributed by atoms with Gasteiger partial charge in [-0.1, -0.05) is 6.42 Å². The number of anilines is 1. The molecule has 7 nitrogen and oxygen atoms in total. The van der Waals surface area contributed by atoms with Gasteiger partial charge in [0.05, 0.1) is 5.92 Å². The van der Waals surface area contributed by atoms with Crippen molar-refractivity contribution in [2.45, 2.75) is 31.9 Å². The molecule has 2 rings (SSSR count). The second kappa shape index (κ2) is 8.13. The molecular formula is C15H19F3N4O3. The molecule has 2 atom stereocenters. The molecule has 25 heavy (non-hydrogen) atoms. The van der Waals surface area contributed by atoms with Gasteiger partial charge in [0.1, 0.15) is 5.69 Å². The van der Waals surface area contributed by atoms with Crippen molar-refractivity contribution in [1.29, 1.82) is 0 Å². The van der Waals surface area contributed by atoms with Gasteiger partial charge in [0.25, 0.3) is 0 Å². The van der Waals surface area contributed by atoms with Gasteiger partial charge < -0.3 is 15.7 Å². The minimum Gasteiger partial charge on any atom is -0.481 e. The van der Waals surface area contributed by atoms with E-state index in [1.165, 1.54) is 0 Å². The highest BCUT2D eigenvalue weighted by molar-refractivity contribution is 5.80. The van der Waals surface area contributed by atoms with Crippen molar-refractivity contribution in [3.8, 4) is 0 Å². The molecule has 0 saturated heterocycles. The van der Waals surface area contributed by atoms with Crippen LogP contribution in [0.2, 0.25) is 0 Å². The smallest absolute Gasteiger partial charge is 0.433 e. The van der Waals surface area contributed by atoms with Crippen LogP contribution in [0.3, 0.4) is 0 Å². The highest BCUT2D eigenvalue weighted by Crippen LogP contribution is 2.29. The molecule has 1 aliphatic carbocycles. The molecule has 1 saturated carbocycles. The standard InChI is InChI=1S/C15H19F3N4O3/c16-15(17,18)11-4-5-20-14(22-11)21-7-6-19-12(23)9-2-1-3-10(8-9)13(24)25/h4-5,9-10H,1-3,6-8H2,(H,19,23)(H,24,25)(H,20,21,22). The van der Waals surface area contributed by atoms with Crippen LogP contribution in [0, 0.1) is 11.8 Å². The van der Waals surface area contributed by atoms with Crippen molar-refractivity contribution in [3.63, 3.8) is 0 Å². The number of carboxylic acid groups (broad SMARTS) is 1. The van der Waals surface area contributed by atoms with Gasteiger partial charge in [-0.25, -0.2) is 9.97 Å². The van der Waals surface area contributed by atoms with Gasteiger partial charge in [0.15, 0.2) is 0 Å². The fourth-order valence-electron chi connectivity index (χ4n) is 2.76. The van der Waals surface area contributed by atoms with E-state index in [1.807, 2.05) is 0 Å². The van der Waals surface area contributed by atoms with Crippen LogP contribution in [0.15, 0.2) is 12.3 Å². The first-order valence-corrected chi connectivity index (χ1v) is 7.92. The second-order valence-electron chi connectivity index (χ2n) is 5.88. The lowest BCUT2D eigenvalue weighted by Gasteiger charge is -2.25. The van der Waals surface area contributed by atoms with Crippen LogP contribution < -0.4 is 10.6 Å². The Morgan fingerprint density at radius 1 is 1.24 bits per heavy atom.